The summed E-state index contributed by atoms with van der Waals surface area (Å²) in [6, 6.07) is 3.94. The molecule has 0 aromatic heterocycles. The molecule has 0 aliphatic heterocycles. The lowest BCUT2D eigenvalue weighted by Gasteiger charge is -1.99. The topological polar surface area (TPSA) is 86.5 Å². The molecule has 0 heterocycles. The van der Waals surface area contributed by atoms with Crippen LogP contribution in [-0.2, 0) is 9.53 Å². The van der Waals surface area contributed by atoms with E-state index in [4.69, 9.17) is 0 Å². The summed E-state index contributed by atoms with van der Waals surface area (Å²) in [5.74, 6) is -0.402. The second-order valence-corrected chi connectivity index (χ2v) is 3.37. The van der Waals surface area contributed by atoms with Crippen molar-refractivity contribution in [3.05, 3.63) is 45.5 Å². The first-order chi connectivity index (χ1) is 8.58. The van der Waals surface area contributed by atoms with Gasteiger partial charge in [-0.3, -0.25) is 19.7 Å². The van der Waals surface area contributed by atoms with Crippen molar-refractivity contribution in [3.63, 3.8) is 0 Å². The molecule has 1 rings (SSSR count). The van der Waals surface area contributed by atoms with Crippen molar-refractivity contribution in [2.75, 3.05) is 7.11 Å². The molecule has 0 aliphatic rings. The van der Waals surface area contributed by atoms with Gasteiger partial charge in [0.2, 0.25) is 0 Å². The molecule has 18 heavy (non-hydrogen) atoms. The van der Waals surface area contributed by atoms with Crippen LogP contribution >= 0.6 is 0 Å². The lowest BCUT2D eigenvalue weighted by molar-refractivity contribution is -0.384. The number of nitrogens with zero attached hydrogens (tertiary/aromatic N) is 1. The van der Waals surface area contributed by atoms with Gasteiger partial charge in [0.05, 0.1) is 18.5 Å². The zero-order valence-electron chi connectivity index (χ0n) is 9.66. The summed E-state index contributed by atoms with van der Waals surface area (Å²) in [4.78, 5) is 31.6. The quantitative estimate of drug-likeness (QED) is 0.344. The lowest BCUT2D eigenvalue weighted by Crippen LogP contribution is -1.97. The van der Waals surface area contributed by atoms with E-state index in [1.165, 1.54) is 31.4 Å². The molecule has 0 saturated heterocycles. The maximum atomic E-state index is 10.9. The first-order valence-electron chi connectivity index (χ1n) is 5.05. The van der Waals surface area contributed by atoms with Crippen molar-refractivity contribution in [3.8, 4) is 0 Å². The van der Waals surface area contributed by atoms with Gasteiger partial charge in [-0.25, -0.2) is 0 Å². The van der Waals surface area contributed by atoms with Crippen LogP contribution in [0.15, 0.2) is 24.3 Å². The normalized spacial score (nSPS) is 10.3. The Balaban J connectivity index is 2.92. The monoisotopic (exact) mass is 249 g/mol. The van der Waals surface area contributed by atoms with Crippen LogP contribution in [0.4, 0.5) is 5.69 Å². The van der Waals surface area contributed by atoms with Gasteiger partial charge in [-0.15, -0.1) is 0 Å². The fraction of sp³-hybridized carbons (Fsp3) is 0.167. The van der Waals surface area contributed by atoms with Crippen LogP contribution in [0.3, 0.4) is 0 Å². The maximum absolute atomic E-state index is 10.9. The Kier molecular flexibility index (Phi) is 4.74. The molecular formula is C12H11NO5. The highest BCUT2D eigenvalue weighted by molar-refractivity contribution is 5.83. The number of methoxy groups -OCH3 is 1. The Morgan fingerprint density at radius 2 is 2.17 bits per heavy atom. The van der Waals surface area contributed by atoms with Crippen LogP contribution in [-0.4, -0.2) is 24.3 Å². The van der Waals surface area contributed by atoms with Gasteiger partial charge in [0.15, 0.2) is 6.29 Å². The Morgan fingerprint density at radius 1 is 1.44 bits per heavy atom. The van der Waals surface area contributed by atoms with Crippen LogP contribution in [0.2, 0.25) is 0 Å². The molecular weight excluding hydrogens is 238 g/mol. The Morgan fingerprint density at radius 3 is 2.72 bits per heavy atom. The minimum atomic E-state index is -0.574. The Bertz CT molecular complexity index is 507. The number of nitro groups is 1. The number of rotatable bonds is 5. The van der Waals surface area contributed by atoms with E-state index in [-0.39, 0.29) is 17.7 Å². The number of ether oxygens (including phenoxy) is 1. The summed E-state index contributed by atoms with van der Waals surface area (Å²) in [5.41, 5.74) is 0.562. The second-order valence-electron chi connectivity index (χ2n) is 3.37. The van der Waals surface area contributed by atoms with Gasteiger partial charge in [0, 0.05) is 17.7 Å². The molecule has 0 spiro atoms. The minimum Gasteiger partial charge on any atom is -0.469 e. The fourth-order valence-corrected chi connectivity index (χ4v) is 1.30. The van der Waals surface area contributed by atoms with E-state index in [1.54, 1.807) is 6.08 Å². The van der Waals surface area contributed by atoms with E-state index in [0.29, 0.717) is 11.8 Å². The molecule has 0 radical (unpaired) electrons. The number of carbonyl (C=O) groups excluding carboxylic acids is 2. The Labute approximate surface area is 103 Å². The van der Waals surface area contributed by atoms with Crippen molar-refractivity contribution in [2.24, 2.45) is 0 Å². The smallest absolute Gasteiger partial charge is 0.309 e. The fourth-order valence-electron chi connectivity index (χ4n) is 1.30. The van der Waals surface area contributed by atoms with E-state index >= 15 is 0 Å². The molecule has 6 nitrogen and oxygen atoms in total. The first kappa shape index (κ1) is 13.6. The molecule has 0 bridgehead atoms. The van der Waals surface area contributed by atoms with Gasteiger partial charge in [0.25, 0.3) is 5.69 Å². The van der Waals surface area contributed by atoms with Gasteiger partial charge >= 0.3 is 5.97 Å². The zero-order valence-corrected chi connectivity index (χ0v) is 9.66. The second kappa shape index (κ2) is 6.29. The molecule has 0 N–H and O–H groups in total. The molecule has 0 aliphatic carbocycles. The number of hydrogen-bond donors (Lipinski definition) is 0. The van der Waals surface area contributed by atoms with E-state index in [9.17, 15) is 19.7 Å². The third kappa shape index (κ3) is 3.51. The van der Waals surface area contributed by atoms with Crippen molar-refractivity contribution in [2.45, 2.75) is 6.42 Å². The van der Waals surface area contributed by atoms with E-state index in [0.717, 1.165) is 0 Å². The first-order valence-corrected chi connectivity index (χ1v) is 5.05. The van der Waals surface area contributed by atoms with Crippen molar-refractivity contribution >= 4 is 24.0 Å². The molecule has 0 amide bonds. The van der Waals surface area contributed by atoms with Crippen LogP contribution in [0, 0.1) is 10.1 Å². The molecule has 0 saturated carbocycles. The van der Waals surface area contributed by atoms with Gasteiger partial charge in [-0.05, 0) is 11.6 Å². The van der Waals surface area contributed by atoms with Crippen molar-refractivity contribution in [1.82, 2.24) is 0 Å². The Hall–Kier alpha value is -2.50. The van der Waals surface area contributed by atoms with E-state index in [1.807, 2.05) is 0 Å². The summed E-state index contributed by atoms with van der Waals surface area (Å²) in [7, 11) is 1.28. The van der Waals surface area contributed by atoms with Crippen molar-refractivity contribution < 1.29 is 19.2 Å². The summed E-state index contributed by atoms with van der Waals surface area (Å²) in [5, 5.41) is 10.5. The number of aldehydes is 1. The van der Waals surface area contributed by atoms with Crippen LogP contribution in [0.5, 0.6) is 0 Å². The highest BCUT2D eigenvalue weighted by Gasteiger charge is 2.08. The standard InChI is InChI=1S/C12H11NO5/c1-18-12(15)4-2-3-9-5-6-11(13(16)17)7-10(9)8-14/h2-3,5-8H,4H2,1H3. The van der Waals surface area contributed by atoms with Gasteiger partial charge < -0.3 is 4.74 Å². The third-order valence-electron chi connectivity index (χ3n) is 2.22. The SMILES string of the molecule is COC(=O)CC=Cc1ccc([N+](=O)[O-])cc1C=O. The van der Waals surface area contributed by atoms with Gasteiger partial charge in [0.1, 0.15) is 0 Å². The lowest BCUT2D eigenvalue weighted by atomic mass is 10.1. The van der Waals surface area contributed by atoms with Crippen LogP contribution in [0.1, 0.15) is 22.3 Å². The van der Waals surface area contributed by atoms with Crippen LogP contribution < -0.4 is 0 Å². The largest absolute Gasteiger partial charge is 0.469 e. The van der Waals surface area contributed by atoms with E-state index < -0.39 is 10.9 Å². The number of non-ortho nitro benzene ring substituents is 1. The highest BCUT2D eigenvalue weighted by Crippen LogP contribution is 2.17. The molecule has 0 fully saturated rings. The van der Waals surface area contributed by atoms with Gasteiger partial charge in [-0.2, -0.15) is 0 Å². The summed E-state index contributed by atoms with van der Waals surface area (Å²) < 4.78 is 4.45. The molecule has 1 aromatic rings. The average molecular weight is 249 g/mol. The summed E-state index contributed by atoms with van der Waals surface area (Å²) >= 11 is 0. The van der Waals surface area contributed by atoms with Crippen molar-refractivity contribution in [1.29, 1.82) is 0 Å². The summed E-state index contributed by atoms with van der Waals surface area (Å²) in [6.45, 7) is 0. The van der Waals surface area contributed by atoms with Gasteiger partial charge in [-0.1, -0.05) is 12.2 Å². The predicted octanol–water partition coefficient (Wildman–Crippen LogP) is 1.98. The highest BCUT2D eigenvalue weighted by atomic mass is 16.6. The maximum Gasteiger partial charge on any atom is 0.309 e. The number of carbonyl (C=O) groups is 2. The molecule has 6 heteroatoms. The molecule has 1 aromatic carbocycles. The molecule has 0 unspecified atom stereocenters. The number of nitro benzene ring substituents is 1. The molecule has 94 valence electrons. The number of esters is 1. The average Bonchev–Trinajstić information content (AvgIpc) is 2.38. The van der Waals surface area contributed by atoms with E-state index in [2.05, 4.69) is 4.74 Å². The predicted molar refractivity (Wildman–Crippen MR) is 64.2 cm³/mol. The summed E-state index contributed by atoms with van der Waals surface area (Å²) in [6.07, 6.45) is 3.68. The third-order valence-corrected chi connectivity index (χ3v) is 2.22. The minimum absolute atomic E-state index is 0.0752. The van der Waals surface area contributed by atoms with Crippen LogP contribution in [0.25, 0.3) is 6.08 Å². The number of hydrogen-bond acceptors (Lipinski definition) is 5. The zero-order chi connectivity index (χ0) is 13.5. The molecule has 0 atom stereocenters. The number of benzene rings is 1.